The van der Waals surface area contributed by atoms with Crippen molar-refractivity contribution in [3.05, 3.63) is 40.9 Å². The number of fused-ring (bicyclic) bond motifs is 5. The lowest BCUT2D eigenvalue weighted by atomic mass is 9.48. The van der Waals surface area contributed by atoms with Crippen LogP contribution in [0.2, 0.25) is 5.02 Å². The number of nitrogens with one attached hydrogen (secondary N) is 2. The Labute approximate surface area is 214 Å². The van der Waals surface area contributed by atoms with Crippen LogP contribution < -0.4 is 10.6 Å². The van der Waals surface area contributed by atoms with Crippen LogP contribution >= 0.6 is 11.6 Å². The van der Waals surface area contributed by atoms with Gasteiger partial charge in [0.05, 0.1) is 11.3 Å². The van der Waals surface area contributed by atoms with Gasteiger partial charge in [-0.2, -0.15) is 13.2 Å². The molecule has 1 heterocycles. The summed E-state index contributed by atoms with van der Waals surface area (Å²) < 4.78 is 40.4. The first kappa shape index (κ1) is 25.4. The summed E-state index contributed by atoms with van der Waals surface area (Å²) in [5.41, 5.74) is -1.44. The first-order valence-corrected chi connectivity index (χ1v) is 13.1. The van der Waals surface area contributed by atoms with Gasteiger partial charge in [-0.3, -0.25) is 4.79 Å². The molecule has 9 heteroatoms. The molecule has 1 aliphatic heterocycles. The van der Waals surface area contributed by atoms with E-state index < -0.39 is 17.8 Å². The average Bonchev–Trinajstić information content (AvgIpc) is 3.13. The van der Waals surface area contributed by atoms with E-state index in [1.165, 1.54) is 12.1 Å². The lowest BCUT2D eigenvalue weighted by Gasteiger charge is -2.60. The predicted octanol–water partition coefficient (Wildman–Crippen LogP) is 6.49. The van der Waals surface area contributed by atoms with E-state index in [1.807, 2.05) is 11.9 Å². The highest BCUT2D eigenvalue weighted by Crippen LogP contribution is 2.63. The Morgan fingerprint density at radius 1 is 1.11 bits per heavy atom. The van der Waals surface area contributed by atoms with Crippen LogP contribution in [0.5, 0.6) is 0 Å². The molecule has 0 spiro atoms. The second-order valence-electron chi connectivity index (χ2n) is 11.6. The van der Waals surface area contributed by atoms with E-state index in [0.29, 0.717) is 17.8 Å². The van der Waals surface area contributed by atoms with Gasteiger partial charge >= 0.3 is 12.2 Å². The second-order valence-corrected chi connectivity index (χ2v) is 12.0. The van der Waals surface area contributed by atoms with Crippen LogP contribution in [-0.4, -0.2) is 36.0 Å². The summed E-state index contributed by atoms with van der Waals surface area (Å²) in [5, 5.41) is 5.40. The number of hydrogen-bond donors (Lipinski definition) is 2. The number of rotatable bonds is 2. The minimum Gasteiger partial charge on any atom is -0.338 e. The summed E-state index contributed by atoms with van der Waals surface area (Å²) in [6, 6.07) is 2.83. The van der Waals surface area contributed by atoms with E-state index in [2.05, 4.69) is 30.6 Å². The number of benzene rings is 1. The molecule has 5 rings (SSSR count). The Hall–Kier alpha value is -2.22. The third kappa shape index (κ3) is 4.00. The van der Waals surface area contributed by atoms with Crippen molar-refractivity contribution in [2.45, 2.75) is 70.6 Å². The maximum Gasteiger partial charge on any atom is 0.418 e. The average molecular weight is 524 g/mol. The van der Waals surface area contributed by atoms with Crippen LogP contribution in [0, 0.1) is 28.6 Å². The summed E-state index contributed by atoms with van der Waals surface area (Å²) >= 11 is 5.76. The minimum atomic E-state index is -4.63. The van der Waals surface area contributed by atoms with Gasteiger partial charge in [-0.1, -0.05) is 31.5 Å². The molecule has 3 fully saturated rings. The number of carbonyl (C=O) groups excluding carboxylic acids is 2. The Morgan fingerprint density at radius 3 is 2.58 bits per heavy atom. The SMILES string of the molecule is CN1C(=O)C=C[C@@]2(C)C1CC[C@@H]1[C@H]2CC[C@]2(C)C(NC(=O)Nc3ccc(Cl)cc3C(F)(F)F)CC[C@@H]12. The quantitative estimate of drug-likeness (QED) is 0.465. The number of urea groups is 1. The smallest absolute Gasteiger partial charge is 0.338 e. The second kappa shape index (κ2) is 8.67. The number of amides is 3. The van der Waals surface area contributed by atoms with Gasteiger partial charge in [-0.25, -0.2) is 4.79 Å². The standard InChI is InChI=1S/C27H33ClF3N3O2/c1-25-12-10-18-16(5-9-22-26(18,2)13-11-23(35)34(22)3)17(25)6-8-21(25)33-24(36)32-20-7-4-15(28)14-19(20)27(29,30)31/h4,7,11,13-14,16-18,21-22H,5-6,8-10,12H2,1-3H3,(H2,32,33,36)/t16-,17-,18+,21?,22?,25-,26+/m0/s1. The molecule has 36 heavy (non-hydrogen) atoms. The first-order valence-electron chi connectivity index (χ1n) is 12.7. The molecule has 2 N–H and O–H groups in total. The molecule has 7 atom stereocenters. The maximum absolute atomic E-state index is 13.5. The minimum absolute atomic E-state index is 0.0389. The fourth-order valence-corrected chi connectivity index (χ4v) is 8.32. The van der Waals surface area contributed by atoms with E-state index in [9.17, 15) is 22.8 Å². The van der Waals surface area contributed by atoms with Gasteiger partial charge in [0.25, 0.3) is 0 Å². The van der Waals surface area contributed by atoms with Crippen molar-refractivity contribution in [2.75, 3.05) is 12.4 Å². The Kier molecular flexibility index (Phi) is 6.13. The molecule has 3 aliphatic carbocycles. The van der Waals surface area contributed by atoms with E-state index >= 15 is 0 Å². The molecule has 0 bridgehead atoms. The number of hydrogen-bond acceptors (Lipinski definition) is 2. The molecule has 3 saturated carbocycles. The molecule has 0 radical (unpaired) electrons. The van der Waals surface area contributed by atoms with Crippen molar-refractivity contribution in [1.82, 2.24) is 10.2 Å². The summed E-state index contributed by atoms with van der Waals surface area (Å²) in [6.07, 6.45) is 4.98. The van der Waals surface area contributed by atoms with Crippen molar-refractivity contribution >= 4 is 29.2 Å². The number of carbonyl (C=O) groups is 2. The molecule has 3 amide bonds. The van der Waals surface area contributed by atoms with Crippen molar-refractivity contribution in [1.29, 1.82) is 0 Å². The molecule has 0 saturated heterocycles. The van der Waals surface area contributed by atoms with Crippen molar-refractivity contribution in [2.24, 2.45) is 28.6 Å². The molecule has 5 nitrogen and oxygen atoms in total. The van der Waals surface area contributed by atoms with Crippen molar-refractivity contribution in [3.8, 4) is 0 Å². The predicted molar refractivity (Wildman–Crippen MR) is 132 cm³/mol. The summed E-state index contributed by atoms with van der Waals surface area (Å²) in [5.74, 6) is 1.47. The Morgan fingerprint density at radius 2 is 1.86 bits per heavy atom. The van der Waals surface area contributed by atoms with Crippen LogP contribution in [0.1, 0.15) is 57.9 Å². The fourth-order valence-electron chi connectivity index (χ4n) is 8.15. The maximum atomic E-state index is 13.5. The summed E-state index contributed by atoms with van der Waals surface area (Å²) in [4.78, 5) is 27.0. The van der Waals surface area contributed by atoms with Gasteiger partial charge in [0.1, 0.15) is 0 Å². The Bertz CT molecular complexity index is 1110. The monoisotopic (exact) mass is 523 g/mol. The zero-order chi connectivity index (χ0) is 26.0. The van der Waals surface area contributed by atoms with Crippen molar-refractivity contribution < 1.29 is 22.8 Å². The zero-order valence-electron chi connectivity index (χ0n) is 20.8. The van der Waals surface area contributed by atoms with E-state index in [-0.39, 0.29) is 39.5 Å². The molecule has 2 unspecified atom stereocenters. The summed E-state index contributed by atoms with van der Waals surface area (Å²) in [7, 11) is 1.90. The topological polar surface area (TPSA) is 61.4 Å². The van der Waals surface area contributed by atoms with Crippen LogP contribution in [-0.2, 0) is 11.0 Å². The van der Waals surface area contributed by atoms with Crippen LogP contribution in [0.4, 0.5) is 23.7 Å². The van der Waals surface area contributed by atoms with Gasteiger partial charge in [-0.05, 0) is 86.0 Å². The van der Waals surface area contributed by atoms with E-state index in [1.54, 1.807) is 6.08 Å². The highest BCUT2D eigenvalue weighted by atomic mass is 35.5. The molecule has 4 aliphatic rings. The van der Waals surface area contributed by atoms with Crippen molar-refractivity contribution in [3.63, 3.8) is 0 Å². The van der Waals surface area contributed by atoms with E-state index in [4.69, 9.17) is 11.6 Å². The van der Waals surface area contributed by atoms with Gasteiger partial charge in [-0.15, -0.1) is 0 Å². The fraction of sp³-hybridized carbons (Fsp3) is 0.630. The molecule has 1 aromatic rings. The number of nitrogens with zero attached hydrogens (tertiary/aromatic N) is 1. The summed E-state index contributed by atoms with van der Waals surface area (Å²) in [6.45, 7) is 4.52. The van der Waals surface area contributed by atoms with Gasteiger partial charge in [0, 0.05) is 29.6 Å². The molecule has 1 aromatic carbocycles. The number of anilines is 1. The van der Waals surface area contributed by atoms with E-state index in [0.717, 1.165) is 44.6 Å². The number of halogens is 4. The zero-order valence-corrected chi connectivity index (χ0v) is 21.5. The molecule has 0 aromatic heterocycles. The Balaban J connectivity index is 1.31. The third-order valence-electron chi connectivity index (χ3n) is 9.97. The van der Waals surface area contributed by atoms with Crippen LogP contribution in [0.3, 0.4) is 0 Å². The number of alkyl halides is 3. The lowest BCUT2D eigenvalue weighted by Crippen LogP contribution is -2.60. The lowest BCUT2D eigenvalue weighted by molar-refractivity contribution is -0.138. The molecule has 196 valence electrons. The molecular weight excluding hydrogens is 491 g/mol. The molecular formula is C27H33ClF3N3O2. The number of likely N-dealkylation sites (N-methyl/N-ethyl adjacent to an activating group) is 1. The van der Waals surface area contributed by atoms with Gasteiger partial charge < -0.3 is 15.5 Å². The normalized spacial score (nSPS) is 37.7. The highest BCUT2D eigenvalue weighted by molar-refractivity contribution is 6.30. The largest absolute Gasteiger partial charge is 0.418 e. The first-order chi connectivity index (χ1) is 16.8. The highest BCUT2D eigenvalue weighted by Gasteiger charge is 2.60. The third-order valence-corrected chi connectivity index (χ3v) is 10.2. The van der Waals surface area contributed by atoms with Crippen LogP contribution in [0.25, 0.3) is 0 Å². The van der Waals surface area contributed by atoms with Gasteiger partial charge in [0.2, 0.25) is 5.91 Å². The van der Waals surface area contributed by atoms with Crippen LogP contribution in [0.15, 0.2) is 30.4 Å². The van der Waals surface area contributed by atoms with Gasteiger partial charge in [0.15, 0.2) is 0 Å².